The predicted molar refractivity (Wildman–Crippen MR) is 26.9 cm³/mol. The van der Waals surface area contributed by atoms with Crippen LogP contribution in [0.2, 0.25) is 11.6 Å². The van der Waals surface area contributed by atoms with Gasteiger partial charge in [0.1, 0.15) is 0 Å². The molecule has 0 saturated heterocycles. The van der Waals surface area contributed by atoms with Crippen LogP contribution in [-0.2, 0) is 0 Å². The first-order valence-corrected chi connectivity index (χ1v) is 3.89. The van der Waals surface area contributed by atoms with E-state index in [1.807, 2.05) is 0 Å². The summed E-state index contributed by atoms with van der Waals surface area (Å²) in [5.41, 5.74) is 12.2. The Labute approximate surface area is 43.5 Å². The van der Waals surface area contributed by atoms with Crippen molar-refractivity contribution in [2.24, 2.45) is 0 Å². The summed E-state index contributed by atoms with van der Waals surface area (Å²) >= 11 is 0.750. The first kappa shape index (κ1) is 9.28. The van der Waals surface area contributed by atoms with E-state index in [2.05, 4.69) is 11.6 Å². The zero-order chi connectivity index (χ0) is 5.41. The summed E-state index contributed by atoms with van der Waals surface area (Å²) in [6.07, 6.45) is 0. The molecule has 3 nitrogen and oxygen atoms in total. The third kappa shape index (κ3) is 1250. The molecule has 1 radical (unpaired) electrons. The van der Waals surface area contributed by atoms with Crippen molar-refractivity contribution >= 4 is 15.2 Å². The summed E-state index contributed by atoms with van der Waals surface area (Å²) in [5.74, 6) is 4.42. The van der Waals surface area contributed by atoms with Gasteiger partial charge in [0.2, 0.25) is 0 Å². The van der Waals surface area contributed by atoms with Gasteiger partial charge in [0, 0.05) is 0 Å². The van der Waals surface area contributed by atoms with Gasteiger partial charge >= 0.3 is 0 Å². The van der Waals surface area contributed by atoms with Gasteiger partial charge in [-0.2, -0.15) is 0 Å². The highest BCUT2D eigenvalue weighted by Gasteiger charge is 1.46. The second-order valence-electron chi connectivity index (χ2n) is 0.677. The van der Waals surface area contributed by atoms with Crippen LogP contribution in [0.25, 0.3) is 10.4 Å². The van der Waals surface area contributed by atoms with Crippen molar-refractivity contribution in [1.29, 1.82) is 5.53 Å². The molecule has 0 aliphatic carbocycles. The summed E-state index contributed by atoms with van der Waals surface area (Å²) in [4.78, 5) is 1.75. The Bertz CT molecular complexity index is 38.1. The lowest BCUT2D eigenvalue weighted by atomic mass is 11.9. The van der Waals surface area contributed by atoms with Gasteiger partial charge in [0.05, 0.1) is 0 Å². The zero-order valence-electron chi connectivity index (χ0n) is 3.97. The monoisotopic (exact) mass is 100 g/mol. The van der Waals surface area contributed by atoms with Crippen LogP contribution in [-0.4, -0.2) is 15.2 Å². The van der Waals surface area contributed by atoms with E-state index in [0.717, 1.165) is 15.2 Å². The Morgan fingerprint density at radius 2 is 1.67 bits per heavy atom. The standard InChI is InChI=1S/2CH3.Al.HN3/c;;;1-3-2/h2*1H3;;1H. The van der Waals surface area contributed by atoms with Crippen molar-refractivity contribution in [1.82, 2.24) is 0 Å². The minimum Gasteiger partial charge on any atom is -0.115 e. The highest BCUT2D eigenvalue weighted by molar-refractivity contribution is 6.31. The fourth-order valence-corrected chi connectivity index (χ4v) is 0. The highest BCUT2D eigenvalue weighted by atomic mass is 27.1. The lowest BCUT2D eigenvalue weighted by Gasteiger charge is -1.38. The van der Waals surface area contributed by atoms with Crippen LogP contribution in [0, 0.1) is 5.53 Å². The van der Waals surface area contributed by atoms with E-state index in [-0.39, 0.29) is 0 Å². The summed E-state index contributed by atoms with van der Waals surface area (Å²) in [6, 6.07) is 0. The van der Waals surface area contributed by atoms with Crippen LogP contribution < -0.4 is 0 Å². The molecule has 0 aromatic rings. The van der Waals surface area contributed by atoms with E-state index in [4.69, 9.17) is 11.1 Å². The maximum absolute atomic E-state index is 6.86. The first-order valence-electron chi connectivity index (χ1n) is 1.58. The fraction of sp³-hybridized carbons (Fsp3) is 1.00. The molecule has 0 aromatic heterocycles. The number of hydrogen-bond donors (Lipinski definition) is 1. The van der Waals surface area contributed by atoms with Gasteiger partial charge in [-0.25, -0.2) is 0 Å². The van der Waals surface area contributed by atoms with Crippen LogP contribution in [0.1, 0.15) is 0 Å². The predicted octanol–water partition coefficient (Wildman–Crippen LogP) is 1.66. The molecule has 6 heavy (non-hydrogen) atoms. The van der Waals surface area contributed by atoms with Gasteiger partial charge in [0.25, 0.3) is 0 Å². The highest BCUT2D eigenvalue weighted by Crippen LogP contribution is 1.36. The van der Waals surface area contributed by atoms with Gasteiger partial charge in [-0.05, 0) is 10.4 Å². The SMILES string of the molecule is [CH3][Al][CH3].[N-]=[N+]=N. The molecule has 0 atom stereocenters. The molecule has 0 unspecified atom stereocenters. The lowest BCUT2D eigenvalue weighted by molar-refractivity contribution is 1.45. The van der Waals surface area contributed by atoms with Crippen LogP contribution >= 0.6 is 0 Å². The molecule has 0 bridgehead atoms. The van der Waals surface area contributed by atoms with Gasteiger partial charge in [-0.15, -0.1) is 17.1 Å². The average Bonchev–Trinajstić information content (AvgIpc) is 1.39. The molecule has 0 aliphatic rings. The molecule has 0 spiro atoms. The van der Waals surface area contributed by atoms with Crippen molar-refractivity contribution in [3.63, 3.8) is 0 Å². The largest absolute Gasteiger partial charge is 0.191 e. The molecule has 0 rings (SSSR count). The summed E-state index contributed by atoms with van der Waals surface area (Å²) in [7, 11) is 0. The Hall–Kier alpha value is -0.158. The number of hydrogen-bond acceptors (Lipinski definition) is 1. The zero-order valence-corrected chi connectivity index (χ0v) is 5.13. The third-order valence-corrected chi connectivity index (χ3v) is 0. The van der Waals surface area contributed by atoms with Crippen molar-refractivity contribution in [3.8, 4) is 0 Å². The minimum atomic E-state index is 0.750. The lowest BCUT2D eigenvalue weighted by Crippen LogP contribution is -1.53. The van der Waals surface area contributed by atoms with E-state index >= 15 is 0 Å². The number of nitrogens with zero attached hydrogens (tertiary/aromatic N) is 2. The summed E-state index contributed by atoms with van der Waals surface area (Å²) in [6.45, 7) is 0. The summed E-state index contributed by atoms with van der Waals surface area (Å²) in [5, 5.41) is 0. The molecule has 1 N–H and O–H groups in total. The minimum absolute atomic E-state index is 0.750. The van der Waals surface area contributed by atoms with Crippen LogP contribution in [0.4, 0.5) is 0 Å². The Morgan fingerprint density at radius 3 is 1.67 bits per heavy atom. The smallest absolute Gasteiger partial charge is 0.115 e. The molecule has 0 fully saturated rings. The topological polar surface area (TPSA) is 60.3 Å². The molecule has 0 amide bonds. The van der Waals surface area contributed by atoms with Crippen molar-refractivity contribution in [2.75, 3.05) is 0 Å². The van der Waals surface area contributed by atoms with Gasteiger partial charge in [-0.1, -0.05) is 0 Å². The molecule has 0 heterocycles. The molecule has 0 saturated carbocycles. The Kier molecular flexibility index (Phi) is 32.6. The maximum Gasteiger partial charge on any atom is 0.191 e. The molecule has 33 valence electrons. The maximum atomic E-state index is 6.86. The van der Waals surface area contributed by atoms with Gasteiger partial charge in [-0.3, -0.25) is 0 Å². The van der Waals surface area contributed by atoms with Crippen LogP contribution in [0.15, 0.2) is 0 Å². The number of nitrogens with one attached hydrogen (secondary N) is 1. The fourth-order valence-electron chi connectivity index (χ4n) is 0. The van der Waals surface area contributed by atoms with Crippen LogP contribution in [0.5, 0.6) is 0 Å². The van der Waals surface area contributed by atoms with Gasteiger partial charge < -0.3 is 0 Å². The molecular formula is C2H7AlN3. The van der Waals surface area contributed by atoms with Crippen molar-refractivity contribution in [2.45, 2.75) is 11.6 Å². The van der Waals surface area contributed by atoms with Crippen LogP contribution in [0.3, 0.4) is 0 Å². The Balaban J connectivity index is 0. The quantitative estimate of drug-likeness (QED) is 0.208. The normalized spacial score (nSPS) is 3.67. The Morgan fingerprint density at radius 1 is 1.67 bits per heavy atom. The third-order valence-electron chi connectivity index (χ3n) is 0. The van der Waals surface area contributed by atoms with E-state index < -0.39 is 0 Å². The molecule has 0 aliphatic heterocycles. The van der Waals surface area contributed by atoms with E-state index in [9.17, 15) is 0 Å². The average molecular weight is 100 g/mol. The van der Waals surface area contributed by atoms with Gasteiger partial charge in [0.15, 0.2) is 15.2 Å². The van der Waals surface area contributed by atoms with Crippen molar-refractivity contribution < 1.29 is 0 Å². The van der Waals surface area contributed by atoms with Crippen molar-refractivity contribution in [3.05, 3.63) is 10.4 Å². The molecule has 4 heteroatoms. The molecule has 0 aromatic carbocycles. The number of rotatable bonds is 0. The van der Waals surface area contributed by atoms with E-state index in [1.54, 1.807) is 4.91 Å². The summed E-state index contributed by atoms with van der Waals surface area (Å²) < 4.78 is 0. The second kappa shape index (κ2) is 21.1. The first-order chi connectivity index (χ1) is 2.83. The van der Waals surface area contributed by atoms with E-state index in [1.165, 1.54) is 0 Å². The van der Waals surface area contributed by atoms with E-state index in [0.29, 0.717) is 0 Å². The second-order valence-corrected chi connectivity index (χ2v) is 1.83. The molecular weight excluding hydrogens is 93.0 g/mol.